The van der Waals surface area contributed by atoms with Crippen molar-refractivity contribution in [2.45, 2.75) is 13.5 Å². The van der Waals surface area contributed by atoms with Crippen LogP contribution in [0.5, 0.6) is 5.75 Å². The van der Waals surface area contributed by atoms with E-state index in [1.165, 1.54) is 12.1 Å². The molecule has 0 heterocycles. The van der Waals surface area contributed by atoms with Crippen LogP contribution in [0.2, 0.25) is 0 Å². The first-order chi connectivity index (χ1) is 16.9. The van der Waals surface area contributed by atoms with Crippen LogP contribution in [0.3, 0.4) is 0 Å². The van der Waals surface area contributed by atoms with Crippen molar-refractivity contribution in [1.82, 2.24) is 10.6 Å². The standard InChI is InChI=1S/C26H25N3O6/c1-2-34-26(33)35-22-14-10-20(11-15-22)25(32)27-16-18-8-12-21(13-9-18)29-23(30)17-28-24(31)19-6-4-3-5-7-19/h3-15H,2,16-17H2,1H3,(H,27,32)(H,28,31)(H,29,30). The highest BCUT2D eigenvalue weighted by atomic mass is 16.7. The second kappa shape index (κ2) is 12.5. The van der Waals surface area contributed by atoms with E-state index in [0.29, 0.717) is 16.8 Å². The molecule has 0 aliphatic carbocycles. The number of hydrogen-bond acceptors (Lipinski definition) is 6. The second-order valence-electron chi connectivity index (χ2n) is 7.29. The SMILES string of the molecule is CCOC(=O)Oc1ccc(C(=O)NCc2ccc(NC(=O)CNC(=O)c3ccccc3)cc2)cc1. The molecule has 180 valence electrons. The molecule has 9 nitrogen and oxygen atoms in total. The molecule has 0 aromatic heterocycles. The third kappa shape index (κ3) is 8.01. The van der Waals surface area contributed by atoms with Crippen LogP contribution in [-0.2, 0) is 16.1 Å². The summed E-state index contributed by atoms with van der Waals surface area (Å²) < 4.78 is 9.66. The predicted molar refractivity (Wildman–Crippen MR) is 129 cm³/mol. The quantitative estimate of drug-likeness (QED) is 0.321. The van der Waals surface area contributed by atoms with Crippen LogP contribution in [0.25, 0.3) is 0 Å². The molecule has 0 aliphatic rings. The summed E-state index contributed by atoms with van der Waals surface area (Å²) in [6.07, 6.45) is -0.804. The lowest BCUT2D eigenvalue weighted by atomic mass is 10.1. The van der Waals surface area contributed by atoms with Crippen LogP contribution < -0.4 is 20.7 Å². The zero-order valence-corrected chi connectivity index (χ0v) is 19.1. The molecule has 3 N–H and O–H groups in total. The molecule has 3 rings (SSSR count). The molecule has 3 aromatic rings. The largest absolute Gasteiger partial charge is 0.513 e. The predicted octanol–water partition coefficient (Wildman–Crippen LogP) is 3.52. The van der Waals surface area contributed by atoms with E-state index < -0.39 is 6.16 Å². The van der Waals surface area contributed by atoms with Gasteiger partial charge in [-0.1, -0.05) is 30.3 Å². The zero-order valence-electron chi connectivity index (χ0n) is 19.1. The molecule has 0 unspecified atom stereocenters. The summed E-state index contributed by atoms with van der Waals surface area (Å²) in [4.78, 5) is 47.8. The van der Waals surface area contributed by atoms with Gasteiger partial charge in [-0.05, 0) is 61.0 Å². The number of benzene rings is 3. The summed E-state index contributed by atoms with van der Waals surface area (Å²) >= 11 is 0. The van der Waals surface area contributed by atoms with Crippen LogP contribution in [0, 0.1) is 0 Å². The molecule has 0 atom stereocenters. The van der Waals surface area contributed by atoms with Crippen molar-refractivity contribution in [3.05, 3.63) is 95.6 Å². The highest BCUT2D eigenvalue weighted by Crippen LogP contribution is 2.14. The van der Waals surface area contributed by atoms with E-state index in [-0.39, 0.29) is 43.2 Å². The second-order valence-corrected chi connectivity index (χ2v) is 7.29. The van der Waals surface area contributed by atoms with Gasteiger partial charge in [0.15, 0.2) is 0 Å². The maximum absolute atomic E-state index is 12.4. The first-order valence-corrected chi connectivity index (χ1v) is 10.9. The van der Waals surface area contributed by atoms with Crippen molar-refractivity contribution in [2.24, 2.45) is 0 Å². The lowest BCUT2D eigenvalue weighted by Gasteiger charge is -2.09. The van der Waals surface area contributed by atoms with Gasteiger partial charge in [-0.15, -0.1) is 0 Å². The smallest absolute Gasteiger partial charge is 0.434 e. The van der Waals surface area contributed by atoms with Crippen molar-refractivity contribution in [3.8, 4) is 5.75 Å². The lowest BCUT2D eigenvalue weighted by molar-refractivity contribution is -0.115. The maximum atomic E-state index is 12.4. The summed E-state index contributed by atoms with van der Waals surface area (Å²) in [6.45, 7) is 2.00. The van der Waals surface area contributed by atoms with Gasteiger partial charge in [-0.2, -0.15) is 0 Å². The normalized spacial score (nSPS) is 10.1. The fourth-order valence-electron chi connectivity index (χ4n) is 2.97. The van der Waals surface area contributed by atoms with Gasteiger partial charge >= 0.3 is 6.16 Å². The molecule has 0 bridgehead atoms. The summed E-state index contributed by atoms with van der Waals surface area (Å²) in [5.74, 6) is -0.699. The van der Waals surface area contributed by atoms with E-state index >= 15 is 0 Å². The molecule has 9 heteroatoms. The fourth-order valence-corrected chi connectivity index (χ4v) is 2.97. The number of rotatable bonds is 9. The highest BCUT2D eigenvalue weighted by Gasteiger charge is 2.10. The minimum Gasteiger partial charge on any atom is -0.434 e. The number of carbonyl (C=O) groups is 4. The van der Waals surface area contributed by atoms with Crippen LogP contribution in [-0.4, -0.2) is 37.0 Å². The Morgan fingerprint density at radius 1 is 0.743 bits per heavy atom. The Bertz CT molecular complexity index is 1160. The molecular weight excluding hydrogens is 450 g/mol. The average molecular weight is 476 g/mol. The van der Waals surface area contributed by atoms with E-state index in [1.807, 2.05) is 0 Å². The third-order valence-electron chi connectivity index (χ3n) is 4.72. The molecule has 0 aliphatic heterocycles. The Hall–Kier alpha value is -4.66. The van der Waals surface area contributed by atoms with Crippen molar-refractivity contribution >= 4 is 29.6 Å². The Kier molecular flexibility index (Phi) is 8.95. The molecule has 35 heavy (non-hydrogen) atoms. The van der Waals surface area contributed by atoms with Crippen molar-refractivity contribution in [3.63, 3.8) is 0 Å². The summed E-state index contributed by atoms with van der Waals surface area (Å²) in [5.41, 5.74) is 2.28. The topological polar surface area (TPSA) is 123 Å². The van der Waals surface area contributed by atoms with Crippen LogP contribution in [0.4, 0.5) is 10.5 Å². The third-order valence-corrected chi connectivity index (χ3v) is 4.72. The van der Waals surface area contributed by atoms with E-state index in [9.17, 15) is 19.2 Å². The van der Waals surface area contributed by atoms with Crippen molar-refractivity contribution in [2.75, 3.05) is 18.5 Å². The number of amides is 3. The minimum absolute atomic E-state index is 0.158. The summed E-state index contributed by atoms with van der Waals surface area (Å²) in [7, 11) is 0. The van der Waals surface area contributed by atoms with Crippen molar-refractivity contribution in [1.29, 1.82) is 0 Å². The van der Waals surface area contributed by atoms with Gasteiger partial charge in [0.2, 0.25) is 5.91 Å². The first kappa shape index (κ1) is 25.0. The molecule has 0 saturated carbocycles. The van der Waals surface area contributed by atoms with E-state index in [0.717, 1.165) is 5.56 Å². The maximum Gasteiger partial charge on any atom is 0.513 e. The van der Waals surface area contributed by atoms with Gasteiger partial charge in [0, 0.05) is 23.4 Å². The van der Waals surface area contributed by atoms with Gasteiger partial charge in [0.1, 0.15) is 5.75 Å². The van der Waals surface area contributed by atoms with Gasteiger partial charge in [0.25, 0.3) is 11.8 Å². The van der Waals surface area contributed by atoms with E-state index in [1.54, 1.807) is 73.7 Å². The molecule has 0 spiro atoms. The number of anilines is 1. The van der Waals surface area contributed by atoms with Crippen LogP contribution in [0.1, 0.15) is 33.2 Å². The first-order valence-electron chi connectivity index (χ1n) is 10.9. The molecule has 3 aromatic carbocycles. The highest BCUT2D eigenvalue weighted by molar-refractivity contribution is 5.99. The lowest BCUT2D eigenvalue weighted by Crippen LogP contribution is -2.32. The molecule has 0 radical (unpaired) electrons. The minimum atomic E-state index is -0.804. The summed E-state index contributed by atoms with van der Waals surface area (Å²) in [5, 5.41) is 8.07. The van der Waals surface area contributed by atoms with E-state index in [4.69, 9.17) is 9.47 Å². The average Bonchev–Trinajstić information content (AvgIpc) is 2.88. The molecular formula is C26H25N3O6. The number of carbonyl (C=O) groups excluding carboxylic acids is 4. The van der Waals surface area contributed by atoms with Crippen molar-refractivity contribution < 1.29 is 28.7 Å². The van der Waals surface area contributed by atoms with Gasteiger partial charge in [-0.25, -0.2) is 4.79 Å². The van der Waals surface area contributed by atoms with Gasteiger partial charge in [0.05, 0.1) is 13.2 Å². The Morgan fingerprint density at radius 3 is 2.03 bits per heavy atom. The van der Waals surface area contributed by atoms with Gasteiger partial charge in [-0.3, -0.25) is 14.4 Å². The van der Waals surface area contributed by atoms with E-state index in [2.05, 4.69) is 16.0 Å². The number of ether oxygens (including phenoxy) is 2. The molecule has 0 fully saturated rings. The molecule has 3 amide bonds. The zero-order chi connectivity index (χ0) is 25.0. The summed E-state index contributed by atoms with van der Waals surface area (Å²) in [6, 6.07) is 21.7. The number of nitrogens with one attached hydrogen (secondary N) is 3. The van der Waals surface area contributed by atoms with Crippen LogP contribution >= 0.6 is 0 Å². The Balaban J connectivity index is 1.42. The molecule has 0 saturated heterocycles. The fraction of sp³-hybridized carbons (Fsp3) is 0.154. The number of hydrogen-bond donors (Lipinski definition) is 3. The monoisotopic (exact) mass is 475 g/mol. The Morgan fingerprint density at radius 2 is 1.37 bits per heavy atom. The van der Waals surface area contributed by atoms with Gasteiger partial charge < -0.3 is 25.4 Å². The van der Waals surface area contributed by atoms with Crippen LogP contribution in [0.15, 0.2) is 78.9 Å². The Labute approximate surface area is 202 Å².